The van der Waals surface area contributed by atoms with Gasteiger partial charge in [0.15, 0.2) is 0 Å². The molecule has 0 unspecified atom stereocenters. The molecular formula is C11H10BrN5O. The van der Waals surface area contributed by atoms with Crippen molar-refractivity contribution >= 4 is 28.2 Å². The lowest BCUT2D eigenvalue weighted by molar-refractivity contribution is 0.249. The molecule has 0 fully saturated rings. The lowest BCUT2D eigenvalue weighted by Crippen LogP contribution is -2.24. The normalized spacial score (nSPS) is 10.7. The molecule has 0 aliphatic rings. The first kappa shape index (κ1) is 12.3. The highest BCUT2D eigenvalue weighted by molar-refractivity contribution is 9.10. The van der Waals surface area contributed by atoms with E-state index < -0.39 is 6.03 Å². The smallest absolute Gasteiger partial charge is 0.332 e. The molecule has 0 bridgehead atoms. The van der Waals surface area contributed by atoms with Gasteiger partial charge in [-0.25, -0.2) is 14.9 Å². The quantitative estimate of drug-likeness (QED) is 0.667. The Labute approximate surface area is 112 Å². The minimum absolute atomic E-state index is 0.696. The predicted molar refractivity (Wildman–Crippen MR) is 71.6 cm³/mol. The van der Waals surface area contributed by atoms with Crippen molar-refractivity contribution in [2.45, 2.75) is 0 Å². The maximum atomic E-state index is 10.4. The number of carbonyl (C=O) groups excluding carboxylic acids is 1. The molecule has 0 atom stereocenters. The Balaban J connectivity index is 2.20. The topological polar surface area (TPSA) is 85.3 Å². The third-order valence-corrected chi connectivity index (χ3v) is 2.75. The minimum atomic E-state index is -0.696. The van der Waals surface area contributed by atoms with Gasteiger partial charge < -0.3 is 5.73 Å². The van der Waals surface area contributed by atoms with E-state index in [1.807, 2.05) is 30.5 Å². The number of benzene rings is 1. The van der Waals surface area contributed by atoms with Gasteiger partial charge in [-0.2, -0.15) is 10.2 Å². The molecule has 0 radical (unpaired) electrons. The van der Waals surface area contributed by atoms with E-state index in [-0.39, 0.29) is 0 Å². The number of hydrogen-bond donors (Lipinski definition) is 2. The Hall–Kier alpha value is -2.15. The highest BCUT2D eigenvalue weighted by Gasteiger charge is 2.02. The van der Waals surface area contributed by atoms with Gasteiger partial charge in [-0.05, 0) is 39.7 Å². The van der Waals surface area contributed by atoms with E-state index in [1.165, 1.54) is 6.21 Å². The number of urea groups is 1. The molecule has 6 nitrogen and oxygen atoms in total. The number of nitrogens with zero attached hydrogens (tertiary/aromatic N) is 3. The number of amides is 2. The van der Waals surface area contributed by atoms with Crippen LogP contribution in [0, 0.1) is 0 Å². The summed E-state index contributed by atoms with van der Waals surface area (Å²) in [5, 5.41) is 7.82. The van der Waals surface area contributed by atoms with E-state index in [9.17, 15) is 4.79 Å². The molecule has 7 heteroatoms. The molecule has 2 aromatic rings. The number of aromatic nitrogens is 2. The number of rotatable bonds is 3. The van der Waals surface area contributed by atoms with Crippen molar-refractivity contribution in [1.82, 2.24) is 15.2 Å². The van der Waals surface area contributed by atoms with Crippen LogP contribution in [-0.4, -0.2) is 22.0 Å². The first-order chi connectivity index (χ1) is 8.66. The molecule has 3 N–H and O–H groups in total. The maximum Gasteiger partial charge on any atom is 0.332 e. The third-order valence-electron chi connectivity index (χ3n) is 2.11. The summed E-state index contributed by atoms with van der Waals surface area (Å²) < 4.78 is 2.61. The van der Waals surface area contributed by atoms with Crippen LogP contribution < -0.4 is 11.2 Å². The number of nitrogens with one attached hydrogen (secondary N) is 1. The second-order valence-electron chi connectivity index (χ2n) is 3.40. The van der Waals surface area contributed by atoms with Crippen molar-refractivity contribution in [3.8, 4) is 5.69 Å². The van der Waals surface area contributed by atoms with Crippen LogP contribution in [-0.2, 0) is 0 Å². The Morgan fingerprint density at radius 1 is 1.56 bits per heavy atom. The van der Waals surface area contributed by atoms with Crippen LogP contribution in [0.5, 0.6) is 0 Å². The molecule has 1 aromatic heterocycles. The fourth-order valence-corrected chi connectivity index (χ4v) is 1.95. The summed E-state index contributed by atoms with van der Waals surface area (Å²) >= 11 is 3.45. The van der Waals surface area contributed by atoms with Gasteiger partial charge in [0.25, 0.3) is 0 Å². The zero-order valence-electron chi connectivity index (χ0n) is 9.25. The highest BCUT2D eigenvalue weighted by atomic mass is 79.9. The molecule has 0 saturated carbocycles. The van der Waals surface area contributed by atoms with Crippen LogP contribution >= 0.6 is 15.9 Å². The Kier molecular flexibility index (Phi) is 3.73. The zero-order valence-corrected chi connectivity index (χ0v) is 10.8. The number of hydrazone groups is 1. The molecule has 0 aliphatic heterocycles. The van der Waals surface area contributed by atoms with Crippen molar-refractivity contribution in [1.29, 1.82) is 0 Å². The van der Waals surface area contributed by atoms with Crippen molar-refractivity contribution < 1.29 is 4.79 Å². The molecule has 0 aliphatic carbocycles. The fraction of sp³-hybridized carbons (Fsp3) is 0. The van der Waals surface area contributed by atoms with Crippen molar-refractivity contribution in [2.24, 2.45) is 10.8 Å². The summed E-state index contributed by atoms with van der Waals surface area (Å²) in [4.78, 5) is 10.4. The van der Waals surface area contributed by atoms with Gasteiger partial charge in [0, 0.05) is 16.9 Å². The third kappa shape index (κ3) is 2.95. The summed E-state index contributed by atoms with van der Waals surface area (Å²) in [7, 11) is 0. The highest BCUT2D eigenvalue weighted by Crippen LogP contribution is 2.21. The molecule has 1 heterocycles. The monoisotopic (exact) mass is 307 g/mol. The Morgan fingerprint density at radius 2 is 2.39 bits per heavy atom. The SMILES string of the molecule is NC(=O)NN=Cc1ccc(-n2cccn2)c(Br)c1. The molecule has 92 valence electrons. The van der Waals surface area contributed by atoms with Crippen LogP contribution in [0.1, 0.15) is 5.56 Å². The van der Waals surface area contributed by atoms with Crippen LogP contribution in [0.2, 0.25) is 0 Å². The molecular weight excluding hydrogens is 298 g/mol. The van der Waals surface area contributed by atoms with Gasteiger partial charge in [-0.3, -0.25) is 0 Å². The summed E-state index contributed by atoms with van der Waals surface area (Å²) in [5.74, 6) is 0. The van der Waals surface area contributed by atoms with E-state index in [1.54, 1.807) is 10.9 Å². The summed E-state index contributed by atoms with van der Waals surface area (Å²) in [6.45, 7) is 0. The average molecular weight is 308 g/mol. The number of hydrogen-bond acceptors (Lipinski definition) is 3. The second-order valence-corrected chi connectivity index (χ2v) is 4.25. The van der Waals surface area contributed by atoms with Crippen LogP contribution in [0.3, 0.4) is 0 Å². The number of primary amides is 1. The van der Waals surface area contributed by atoms with E-state index >= 15 is 0 Å². The van der Waals surface area contributed by atoms with Gasteiger partial charge in [0.2, 0.25) is 0 Å². The van der Waals surface area contributed by atoms with Crippen LogP contribution in [0.15, 0.2) is 46.2 Å². The Morgan fingerprint density at radius 3 is 3.00 bits per heavy atom. The predicted octanol–water partition coefficient (Wildman–Crippen LogP) is 1.64. The second kappa shape index (κ2) is 5.46. The first-order valence-electron chi connectivity index (χ1n) is 5.05. The van der Waals surface area contributed by atoms with Crippen LogP contribution in [0.4, 0.5) is 4.79 Å². The summed E-state index contributed by atoms with van der Waals surface area (Å²) in [5.41, 5.74) is 8.76. The lowest BCUT2D eigenvalue weighted by atomic mass is 10.2. The average Bonchev–Trinajstić information content (AvgIpc) is 2.82. The van der Waals surface area contributed by atoms with Crippen molar-refractivity contribution in [3.63, 3.8) is 0 Å². The lowest BCUT2D eigenvalue weighted by Gasteiger charge is -2.05. The number of carbonyl (C=O) groups is 1. The van der Waals surface area contributed by atoms with Gasteiger partial charge >= 0.3 is 6.03 Å². The molecule has 0 saturated heterocycles. The van der Waals surface area contributed by atoms with E-state index in [4.69, 9.17) is 5.73 Å². The first-order valence-corrected chi connectivity index (χ1v) is 5.84. The maximum absolute atomic E-state index is 10.4. The summed E-state index contributed by atoms with van der Waals surface area (Å²) in [6.07, 6.45) is 5.06. The van der Waals surface area contributed by atoms with E-state index in [0.717, 1.165) is 15.7 Å². The van der Waals surface area contributed by atoms with Gasteiger partial charge in [-0.1, -0.05) is 6.07 Å². The molecule has 2 amide bonds. The fourth-order valence-electron chi connectivity index (χ4n) is 1.37. The summed E-state index contributed by atoms with van der Waals surface area (Å²) in [6, 6.07) is 6.76. The van der Waals surface area contributed by atoms with Gasteiger partial charge in [-0.15, -0.1) is 0 Å². The molecule has 1 aromatic carbocycles. The van der Waals surface area contributed by atoms with E-state index in [0.29, 0.717) is 0 Å². The van der Waals surface area contributed by atoms with Gasteiger partial charge in [0.1, 0.15) is 0 Å². The zero-order chi connectivity index (χ0) is 13.0. The number of halogens is 1. The van der Waals surface area contributed by atoms with E-state index in [2.05, 4.69) is 31.6 Å². The van der Waals surface area contributed by atoms with Gasteiger partial charge in [0.05, 0.1) is 11.9 Å². The number of nitrogens with two attached hydrogens (primary N) is 1. The van der Waals surface area contributed by atoms with Crippen molar-refractivity contribution in [2.75, 3.05) is 0 Å². The standard InChI is InChI=1S/C11H10BrN5O/c12-9-6-8(7-14-16-11(13)18)2-3-10(9)17-5-1-4-15-17/h1-7H,(H3,13,16,18). The minimum Gasteiger partial charge on any atom is -0.350 e. The van der Waals surface area contributed by atoms with Crippen molar-refractivity contribution in [3.05, 3.63) is 46.7 Å². The molecule has 0 spiro atoms. The Bertz CT molecular complexity index is 579. The largest absolute Gasteiger partial charge is 0.350 e. The molecule has 18 heavy (non-hydrogen) atoms. The molecule has 2 rings (SSSR count). The van der Waals surface area contributed by atoms with Crippen LogP contribution in [0.25, 0.3) is 5.69 Å².